The number of amides is 2. The van der Waals surface area contributed by atoms with Crippen LogP contribution in [0.4, 0.5) is 0 Å². The Morgan fingerprint density at radius 2 is 1.93 bits per heavy atom. The smallest absolute Gasteiger partial charge is 0.266 e. The molecule has 2 rings (SSSR count). The second-order valence-corrected chi connectivity index (χ2v) is 2.64. The van der Waals surface area contributed by atoms with Crippen LogP contribution in [0.3, 0.4) is 0 Å². The van der Waals surface area contributed by atoms with Crippen molar-refractivity contribution < 1.29 is 21.3 Å². The van der Waals surface area contributed by atoms with Crippen LogP contribution in [-0.2, 0) is 4.84 Å². The molecule has 0 bridgehead atoms. The first-order valence-electron chi connectivity index (χ1n) is 6.32. The fraction of sp³-hybridized carbons (Fsp3) is 0.200. The van der Waals surface area contributed by atoms with Gasteiger partial charge in [0.2, 0.25) is 0 Å². The van der Waals surface area contributed by atoms with Crippen LogP contribution >= 0.6 is 0 Å². The van der Waals surface area contributed by atoms with E-state index < -0.39 is 25.2 Å². The van der Waals surface area contributed by atoms with Crippen molar-refractivity contribution in [3.05, 3.63) is 35.4 Å². The molecule has 1 heterocycles. The van der Waals surface area contributed by atoms with Crippen LogP contribution in [0.5, 0.6) is 0 Å². The summed E-state index contributed by atoms with van der Waals surface area (Å²) in [7, 11) is 0. The average molecular weight is 196 g/mol. The van der Waals surface area contributed by atoms with Gasteiger partial charge in [0.05, 0.1) is 20.4 Å². The molecule has 4 nitrogen and oxygen atoms in total. The Morgan fingerprint density at radius 1 is 1.36 bits per heavy atom. The van der Waals surface area contributed by atoms with E-state index in [2.05, 4.69) is 4.84 Å². The topological polar surface area (TPSA) is 46.6 Å². The third-order valence-electron chi connectivity index (χ3n) is 1.89. The molecule has 4 heteroatoms. The maximum Gasteiger partial charge on any atom is 0.285 e. The number of benzene rings is 1. The van der Waals surface area contributed by atoms with Crippen LogP contribution < -0.4 is 0 Å². The normalized spacial score (nSPS) is 22.0. The lowest BCUT2D eigenvalue weighted by Gasteiger charge is -2.10. The van der Waals surface area contributed by atoms with E-state index in [4.69, 9.17) is 6.85 Å². The summed E-state index contributed by atoms with van der Waals surface area (Å²) < 4.78 is 35.5. The zero-order valence-corrected chi connectivity index (χ0v) is 6.98. The fourth-order valence-corrected chi connectivity index (χ4v) is 1.30. The molecule has 14 heavy (non-hydrogen) atoms. The summed E-state index contributed by atoms with van der Waals surface area (Å²) in [6.45, 7) is -6.26. The summed E-state index contributed by atoms with van der Waals surface area (Å²) >= 11 is 0. The van der Waals surface area contributed by atoms with Crippen molar-refractivity contribution in [2.75, 3.05) is 6.56 Å². The Kier molecular flexibility index (Phi) is 1.09. The van der Waals surface area contributed by atoms with Gasteiger partial charge >= 0.3 is 0 Å². The molecule has 1 aliphatic heterocycles. The number of imide groups is 1. The number of hydrogen-bond donors (Lipinski definition) is 0. The maximum atomic E-state index is 11.8. The monoisotopic (exact) mass is 196 g/mol. The van der Waals surface area contributed by atoms with Crippen molar-refractivity contribution in [2.45, 2.75) is 6.85 Å². The van der Waals surface area contributed by atoms with Crippen molar-refractivity contribution in [3.63, 3.8) is 0 Å². The van der Waals surface area contributed by atoms with Crippen molar-refractivity contribution in [3.8, 4) is 0 Å². The Hall–Kier alpha value is -1.68. The first-order valence-corrected chi connectivity index (χ1v) is 3.82. The minimum Gasteiger partial charge on any atom is -0.266 e. The van der Waals surface area contributed by atoms with E-state index in [0.29, 0.717) is 0 Å². The van der Waals surface area contributed by atoms with Gasteiger partial charge in [-0.1, -0.05) is 12.1 Å². The number of hydrogen-bond acceptors (Lipinski definition) is 3. The number of carbonyl (C=O) groups is 2. The molecule has 0 spiro atoms. The summed E-state index contributed by atoms with van der Waals surface area (Å²) in [5.41, 5.74) is 0.0997. The first-order chi connectivity index (χ1) is 8.65. The molecule has 0 N–H and O–H groups in total. The number of fused-ring (bicyclic) bond motifs is 1. The molecule has 0 aliphatic carbocycles. The van der Waals surface area contributed by atoms with Gasteiger partial charge in [-0.2, -0.15) is 0 Å². The molecule has 1 aliphatic rings. The van der Waals surface area contributed by atoms with Gasteiger partial charge in [-0.05, 0) is 19.0 Å². The van der Waals surface area contributed by atoms with Gasteiger partial charge in [0.25, 0.3) is 11.8 Å². The fourth-order valence-electron chi connectivity index (χ4n) is 1.30. The number of rotatable bonds is 2. The molecule has 0 unspecified atom stereocenters. The molecule has 2 amide bonds. The molecule has 1 aromatic rings. The molecule has 0 saturated heterocycles. The quantitative estimate of drug-likeness (QED) is 0.668. The van der Waals surface area contributed by atoms with Gasteiger partial charge in [-0.3, -0.25) is 14.4 Å². The Morgan fingerprint density at radius 3 is 2.43 bits per heavy atom. The second kappa shape index (κ2) is 3.23. The molecule has 0 aromatic heterocycles. The minimum absolute atomic E-state index is 0.0499. The molecule has 0 saturated carbocycles. The van der Waals surface area contributed by atoms with Gasteiger partial charge < -0.3 is 0 Å². The van der Waals surface area contributed by atoms with Crippen LogP contribution in [0.2, 0.25) is 0 Å². The molecule has 0 atom stereocenters. The van der Waals surface area contributed by atoms with Gasteiger partial charge in [0, 0.05) is 4.11 Å². The van der Waals surface area contributed by atoms with E-state index in [1.54, 1.807) is 0 Å². The lowest BCUT2D eigenvalue weighted by atomic mass is 10.1. The highest BCUT2D eigenvalue weighted by Crippen LogP contribution is 2.22. The summed E-state index contributed by atoms with van der Waals surface area (Å²) in [6.07, 6.45) is 0. The Balaban J connectivity index is 2.31. The van der Waals surface area contributed by atoms with E-state index in [-0.39, 0.29) is 16.2 Å². The third kappa shape index (κ3) is 1.12. The Bertz CT molecular complexity index is 519. The highest BCUT2D eigenvalue weighted by Gasteiger charge is 2.35. The van der Waals surface area contributed by atoms with Crippen LogP contribution in [-0.4, -0.2) is 23.4 Å². The van der Waals surface area contributed by atoms with Gasteiger partial charge in [-0.25, -0.2) is 0 Å². The summed E-state index contributed by atoms with van der Waals surface area (Å²) in [6, 6.07) is 5.82. The number of carbonyl (C=O) groups excluding carboxylic acids is 2. The van der Waals surface area contributed by atoms with Gasteiger partial charge in [0.1, 0.15) is 0 Å². The molecule has 72 valence electrons. The van der Waals surface area contributed by atoms with Crippen molar-refractivity contribution in [1.29, 1.82) is 0 Å². The summed E-state index contributed by atoms with van der Waals surface area (Å²) in [5, 5.41) is 0.150. The van der Waals surface area contributed by atoms with Crippen LogP contribution in [0, 0.1) is 0 Å². The third-order valence-corrected chi connectivity index (χ3v) is 1.89. The van der Waals surface area contributed by atoms with Crippen molar-refractivity contribution in [1.82, 2.24) is 5.06 Å². The van der Waals surface area contributed by atoms with Crippen molar-refractivity contribution >= 4 is 11.8 Å². The lowest BCUT2D eigenvalue weighted by molar-refractivity contribution is -0.0863. The van der Waals surface area contributed by atoms with Gasteiger partial charge in [0.15, 0.2) is 0 Å². The van der Waals surface area contributed by atoms with Crippen LogP contribution in [0.1, 0.15) is 34.4 Å². The minimum atomic E-state index is -3.14. The maximum absolute atomic E-state index is 11.8. The standard InChI is InChI=1S/C10H9NO3/c1-2-14-11-9(12)7-5-3-4-6-8(7)10(11)13/h3-6H,2H2,1H3/i1D3,2D2. The first kappa shape index (κ1) is 4.70. The van der Waals surface area contributed by atoms with Crippen LogP contribution in [0.25, 0.3) is 0 Å². The Labute approximate surface area is 88.1 Å². The largest absolute Gasteiger partial charge is 0.285 e. The predicted molar refractivity (Wildman–Crippen MR) is 48.6 cm³/mol. The average Bonchev–Trinajstić information content (AvgIpc) is 2.54. The van der Waals surface area contributed by atoms with E-state index in [9.17, 15) is 9.59 Å². The zero-order chi connectivity index (χ0) is 14.4. The highest BCUT2D eigenvalue weighted by molar-refractivity contribution is 6.20. The van der Waals surface area contributed by atoms with E-state index >= 15 is 0 Å². The van der Waals surface area contributed by atoms with E-state index in [1.165, 1.54) is 24.3 Å². The van der Waals surface area contributed by atoms with E-state index in [1.807, 2.05) is 0 Å². The summed E-state index contributed by atoms with van der Waals surface area (Å²) in [5.74, 6) is -1.76. The molecule has 0 fully saturated rings. The highest BCUT2D eigenvalue weighted by atomic mass is 16.7. The number of nitrogens with zero attached hydrogens (tertiary/aromatic N) is 1. The zero-order valence-electron chi connectivity index (χ0n) is 12.0. The summed E-state index contributed by atoms with van der Waals surface area (Å²) in [4.78, 5) is 28.2. The predicted octanol–water partition coefficient (Wildman–Crippen LogP) is 1.23. The SMILES string of the molecule is [2H]C([2H])([2H])C([2H])([2H])ON1C(=O)c2ccccc2C1=O. The molecule has 1 aromatic carbocycles. The lowest BCUT2D eigenvalue weighted by Crippen LogP contribution is -2.29. The molecular formula is C10H9NO3. The molecule has 0 radical (unpaired) electrons. The van der Waals surface area contributed by atoms with Gasteiger partial charge in [-0.15, -0.1) is 5.06 Å². The second-order valence-electron chi connectivity index (χ2n) is 2.64. The number of hydroxylamine groups is 2. The molecular weight excluding hydrogens is 182 g/mol. The van der Waals surface area contributed by atoms with Crippen LogP contribution in [0.15, 0.2) is 24.3 Å². The van der Waals surface area contributed by atoms with E-state index in [0.717, 1.165) is 0 Å². The van der Waals surface area contributed by atoms with Crippen molar-refractivity contribution in [2.24, 2.45) is 0 Å².